The summed E-state index contributed by atoms with van der Waals surface area (Å²) in [5, 5.41) is 4.77. The van der Waals surface area contributed by atoms with Crippen LogP contribution in [-0.4, -0.2) is 6.10 Å². The number of hydrogen-bond donors (Lipinski definition) is 0. The molecule has 1 saturated heterocycles. The molecule has 3 aromatic carbocycles. The number of hydrogen-bond acceptors (Lipinski definition) is 2. The third-order valence-corrected chi connectivity index (χ3v) is 5.23. The van der Waals surface area contributed by atoms with Crippen LogP contribution in [0.4, 0.5) is 5.69 Å². The summed E-state index contributed by atoms with van der Waals surface area (Å²) in [5.41, 5.74) is 5.41. The Kier molecular flexibility index (Phi) is 2.77. The Morgan fingerprint density at radius 2 is 1.78 bits per heavy atom. The van der Waals surface area contributed by atoms with Crippen molar-refractivity contribution in [1.82, 2.24) is 0 Å². The zero-order valence-corrected chi connectivity index (χ0v) is 13.2. The predicted molar refractivity (Wildman–Crippen MR) is 93.5 cm³/mol. The van der Waals surface area contributed by atoms with E-state index in [1.54, 1.807) is 0 Å². The molecule has 0 saturated carbocycles. The molecular weight excluding hydrogens is 282 g/mol. The van der Waals surface area contributed by atoms with Crippen LogP contribution in [0.1, 0.15) is 29.2 Å². The highest BCUT2D eigenvalue weighted by molar-refractivity contribution is 5.96. The fourth-order valence-electron chi connectivity index (χ4n) is 4.14. The van der Waals surface area contributed by atoms with Gasteiger partial charge in [0.25, 0.3) is 0 Å². The van der Waals surface area contributed by atoms with Gasteiger partial charge in [0, 0.05) is 18.2 Å². The van der Waals surface area contributed by atoms with Crippen molar-refractivity contribution in [2.24, 2.45) is 0 Å². The second-order valence-electron chi connectivity index (χ2n) is 6.66. The normalized spacial score (nSPS) is 22.4. The maximum Gasteiger partial charge on any atom is 0.0921 e. The Morgan fingerprint density at radius 3 is 2.70 bits per heavy atom. The molecule has 0 spiro atoms. The molecule has 5 rings (SSSR count). The van der Waals surface area contributed by atoms with Crippen LogP contribution in [-0.2, 0) is 11.3 Å². The molecule has 0 N–H and O–H groups in total. The van der Waals surface area contributed by atoms with Crippen molar-refractivity contribution in [2.45, 2.75) is 31.9 Å². The van der Waals surface area contributed by atoms with Gasteiger partial charge < -0.3 is 0 Å². The van der Waals surface area contributed by atoms with Crippen molar-refractivity contribution in [2.75, 3.05) is 5.06 Å². The van der Waals surface area contributed by atoms with Gasteiger partial charge in [0.05, 0.1) is 17.8 Å². The van der Waals surface area contributed by atoms with Gasteiger partial charge in [0.15, 0.2) is 0 Å². The molecule has 0 amide bonds. The lowest BCUT2D eigenvalue weighted by Crippen LogP contribution is -2.28. The first-order valence-electron chi connectivity index (χ1n) is 8.33. The lowest BCUT2D eigenvalue weighted by molar-refractivity contribution is 0.0741. The fraction of sp³-hybridized carbons (Fsp3) is 0.238. The molecule has 0 radical (unpaired) electrons. The van der Waals surface area contributed by atoms with Crippen LogP contribution in [0.15, 0.2) is 60.7 Å². The molecule has 2 bridgehead atoms. The highest BCUT2D eigenvalue weighted by Gasteiger charge is 2.41. The quantitative estimate of drug-likeness (QED) is 0.630. The van der Waals surface area contributed by atoms with Gasteiger partial charge in [-0.2, -0.15) is 0 Å². The van der Waals surface area contributed by atoms with E-state index < -0.39 is 0 Å². The molecule has 1 fully saturated rings. The van der Waals surface area contributed by atoms with Crippen LogP contribution in [0.25, 0.3) is 10.8 Å². The Morgan fingerprint density at radius 1 is 0.957 bits per heavy atom. The van der Waals surface area contributed by atoms with E-state index in [4.69, 9.17) is 4.84 Å². The van der Waals surface area contributed by atoms with Crippen LogP contribution < -0.4 is 5.06 Å². The smallest absolute Gasteiger partial charge is 0.0921 e. The SMILES string of the molecule is Cc1ccccc1[C@@H]1C[C@@H]2Cc3ccc4ccccc4c3N1O2. The van der Waals surface area contributed by atoms with Gasteiger partial charge in [-0.15, -0.1) is 0 Å². The van der Waals surface area contributed by atoms with E-state index in [1.807, 2.05) is 0 Å². The Labute approximate surface area is 136 Å². The minimum atomic E-state index is 0.299. The summed E-state index contributed by atoms with van der Waals surface area (Å²) in [7, 11) is 0. The van der Waals surface area contributed by atoms with Gasteiger partial charge in [-0.1, -0.05) is 60.7 Å². The van der Waals surface area contributed by atoms with Crippen molar-refractivity contribution in [1.29, 1.82) is 0 Å². The van der Waals surface area contributed by atoms with Crippen LogP contribution in [0, 0.1) is 6.92 Å². The van der Waals surface area contributed by atoms with Crippen molar-refractivity contribution in [3.05, 3.63) is 77.4 Å². The van der Waals surface area contributed by atoms with E-state index in [0.717, 1.165) is 12.8 Å². The summed E-state index contributed by atoms with van der Waals surface area (Å²) in [5.74, 6) is 0. The molecule has 23 heavy (non-hydrogen) atoms. The zero-order valence-electron chi connectivity index (χ0n) is 13.2. The predicted octanol–water partition coefficient (Wildman–Crippen LogP) is 4.96. The molecule has 2 aliphatic rings. The van der Waals surface area contributed by atoms with E-state index in [2.05, 4.69) is 72.7 Å². The van der Waals surface area contributed by atoms with E-state index in [-0.39, 0.29) is 0 Å². The molecule has 2 heteroatoms. The number of nitrogens with zero attached hydrogens (tertiary/aromatic N) is 1. The number of anilines is 1. The fourth-order valence-corrected chi connectivity index (χ4v) is 4.14. The lowest BCUT2D eigenvalue weighted by atomic mass is 9.97. The standard InChI is InChI=1S/C21H19NO/c1-14-6-2-4-8-18(14)20-13-17-12-16-11-10-15-7-3-5-9-19(15)21(16)22(20)23-17/h2-11,17,20H,12-13H2,1H3/t17-,20-/m0/s1. The Balaban J connectivity index is 1.71. The molecule has 2 heterocycles. The molecule has 0 aliphatic carbocycles. The second-order valence-corrected chi connectivity index (χ2v) is 6.66. The highest BCUT2D eigenvalue weighted by atomic mass is 16.7. The number of fused-ring (bicyclic) bond motifs is 6. The van der Waals surface area contributed by atoms with E-state index in [1.165, 1.54) is 33.2 Å². The minimum absolute atomic E-state index is 0.299. The van der Waals surface area contributed by atoms with Gasteiger partial charge >= 0.3 is 0 Å². The first-order valence-corrected chi connectivity index (χ1v) is 8.33. The molecular formula is C21H19NO. The molecule has 2 nitrogen and oxygen atoms in total. The Bertz CT molecular complexity index is 901. The number of rotatable bonds is 1. The van der Waals surface area contributed by atoms with E-state index in [9.17, 15) is 0 Å². The molecule has 114 valence electrons. The minimum Gasteiger partial charge on any atom is -0.269 e. The zero-order chi connectivity index (χ0) is 15.4. The van der Waals surface area contributed by atoms with Crippen LogP contribution in [0.2, 0.25) is 0 Å². The van der Waals surface area contributed by atoms with Gasteiger partial charge in [-0.3, -0.25) is 4.84 Å². The van der Waals surface area contributed by atoms with Crippen molar-refractivity contribution in [3.63, 3.8) is 0 Å². The highest BCUT2D eigenvalue weighted by Crippen LogP contribution is 2.48. The van der Waals surface area contributed by atoms with Crippen molar-refractivity contribution >= 4 is 16.5 Å². The molecule has 2 atom stereocenters. The molecule has 0 aromatic heterocycles. The summed E-state index contributed by atoms with van der Waals surface area (Å²) >= 11 is 0. The van der Waals surface area contributed by atoms with Crippen molar-refractivity contribution in [3.8, 4) is 0 Å². The summed E-state index contributed by atoms with van der Waals surface area (Å²) in [6.07, 6.45) is 2.38. The largest absolute Gasteiger partial charge is 0.269 e. The van der Waals surface area contributed by atoms with Gasteiger partial charge in [0.2, 0.25) is 0 Å². The third kappa shape index (κ3) is 1.91. The van der Waals surface area contributed by atoms with Crippen LogP contribution in [0.5, 0.6) is 0 Å². The van der Waals surface area contributed by atoms with E-state index >= 15 is 0 Å². The number of aryl methyl sites for hydroxylation is 1. The summed E-state index contributed by atoms with van der Waals surface area (Å²) in [6, 6.07) is 22.1. The maximum atomic E-state index is 6.29. The second kappa shape index (κ2) is 4.84. The maximum absolute atomic E-state index is 6.29. The van der Waals surface area contributed by atoms with Crippen molar-refractivity contribution < 1.29 is 4.84 Å². The Hall–Kier alpha value is -2.32. The van der Waals surface area contributed by atoms with Gasteiger partial charge in [-0.05, 0) is 29.0 Å². The van der Waals surface area contributed by atoms with Gasteiger partial charge in [0.1, 0.15) is 0 Å². The van der Waals surface area contributed by atoms with Gasteiger partial charge in [-0.25, -0.2) is 5.06 Å². The topological polar surface area (TPSA) is 12.5 Å². The van der Waals surface area contributed by atoms with Crippen LogP contribution >= 0.6 is 0 Å². The summed E-state index contributed by atoms with van der Waals surface area (Å²) < 4.78 is 0. The summed E-state index contributed by atoms with van der Waals surface area (Å²) in [6.45, 7) is 2.20. The summed E-state index contributed by atoms with van der Waals surface area (Å²) in [4.78, 5) is 6.29. The monoisotopic (exact) mass is 301 g/mol. The molecule has 0 unspecified atom stereocenters. The molecule has 2 aliphatic heterocycles. The average Bonchev–Trinajstić information content (AvgIpc) is 2.92. The first-order chi connectivity index (χ1) is 11.3. The van der Waals surface area contributed by atoms with Crippen LogP contribution in [0.3, 0.4) is 0 Å². The first kappa shape index (κ1) is 13.1. The lowest BCUT2D eigenvalue weighted by Gasteiger charge is -2.32. The number of hydroxylamine groups is 1. The number of benzene rings is 3. The van der Waals surface area contributed by atoms with E-state index in [0.29, 0.717) is 12.1 Å². The average molecular weight is 301 g/mol. The third-order valence-electron chi connectivity index (χ3n) is 5.23. The molecule has 3 aromatic rings.